The molecule has 2 aromatic carbocycles. The molecule has 1 amide bonds. The Kier molecular flexibility index (Phi) is 14.8. The number of nitrogens with zero attached hydrogens (tertiary/aromatic N) is 2. The summed E-state index contributed by atoms with van der Waals surface area (Å²) in [6, 6.07) is 13.3. The van der Waals surface area contributed by atoms with Crippen LogP contribution >= 0.6 is 23.4 Å². The number of amides is 1. The minimum absolute atomic E-state index is 0.0595. The van der Waals surface area contributed by atoms with Crippen molar-refractivity contribution in [1.29, 1.82) is 0 Å². The molecule has 3 aliphatic rings. The van der Waals surface area contributed by atoms with Crippen LogP contribution in [0.2, 0.25) is 0 Å². The lowest BCUT2D eigenvalue weighted by molar-refractivity contribution is -0.253. The Morgan fingerprint density at radius 1 is 1.12 bits per heavy atom. The number of unbranched alkanes of at least 4 members (excludes halogenated alkanes) is 2. The first-order valence-electron chi connectivity index (χ1n) is 18.3. The number of ether oxygens (including phenoxy) is 4. The molecule has 2 aliphatic carbocycles. The number of rotatable bonds is 19. The Morgan fingerprint density at radius 3 is 2.52 bits per heavy atom. The Bertz CT molecular complexity index is 1550. The Morgan fingerprint density at radius 2 is 1.85 bits per heavy atom. The molecule has 0 radical (unpaired) electrons. The van der Waals surface area contributed by atoms with Crippen LogP contribution in [0.1, 0.15) is 63.4 Å². The molecule has 0 aromatic heterocycles. The second kappa shape index (κ2) is 19.2. The van der Waals surface area contributed by atoms with Gasteiger partial charge in [0, 0.05) is 43.1 Å². The van der Waals surface area contributed by atoms with Crippen molar-refractivity contribution in [2.75, 3.05) is 52.2 Å². The monoisotopic (exact) mass is 756 g/mol. The van der Waals surface area contributed by atoms with E-state index in [1.165, 1.54) is 0 Å². The lowest BCUT2D eigenvalue weighted by atomic mass is 9.55. The lowest BCUT2D eigenvalue weighted by Crippen LogP contribution is -2.69. The molecule has 1 aliphatic heterocycles. The molecule has 284 valence electrons. The van der Waals surface area contributed by atoms with Crippen LogP contribution in [-0.4, -0.2) is 91.0 Å². The van der Waals surface area contributed by atoms with E-state index in [0.29, 0.717) is 37.4 Å². The largest absolute Gasteiger partial charge is 0.459 e. The second-order valence-electron chi connectivity index (χ2n) is 13.4. The maximum atomic E-state index is 13.6. The highest BCUT2D eigenvalue weighted by Crippen LogP contribution is 2.62. The van der Waals surface area contributed by atoms with Gasteiger partial charge in [-0.15, -0.1) is 29.9 Å². The first kappa shape index (κ1) is 40.0. The number of halogens is 1. The summed E-state index contributed by atoms with van der Waals surface area (Å²) in [7, 11) is 1.69. The molecule has 10 nitrogen and oxygen atoms in total. The fourth-order valence-electron chi connectivity index (χ4n) is 8.07. The van der Waals surface area contributed by atoms with Crippen LogP contribution in [0, 0.1) is 17.8 Å². The van der Waals surface area contributed by atoms with Crippen LogP contribution in [0.25, 0.3) is 0 Å². The van der Waals surface area contributed by atoms with Gasteiger partial charge in [-0.25, -0.2) is 4.79 Å². The van der Waals surface area contributed by atoms with Crippen molar-refractivity contribution in [3.05, 3.63) is 72.3 Å². The van der Waals surface area contributed by atoms with E-state index in [4.69, 9.17) is 35.4 Å². The second-order valence-corrected chi connectivity index (χ2v) is 14.6. The van der Waals surface area contributed by atoms with Gasteiger partial charge in [-0.05, 0) is 98.7 Å². The molecule has 2 N–H and O–H groups in total. The number of likely N-dealkylation sites (N-methyl/N-ethyl adjacent to an activating group) is 1. The minimum Gasteiger partial charge on any atom is -0.459 e. The fraction of sp³-hybridized carbons (Fsp3) is 0.550. The van der Waals surface area contributed by atoms with Crippen molar-refractivity contribution in [3.8, 4) is 17.2 Å². The van der Waals surface area contributed by atoms with Crippen LogP contribution < -0.4 is 9.47 Å². The summed E-state index contributed by atoms with van der Waals surface area (Å²) >= 11 is 7.58. The van der Waals surface area contributed by atoms with Crippen molar-refractivity contribution in [2.45, 2.75) is 74.5 Å². The molecule has 52 heavy (non-hydrogen) atoms. The molecule has 2 aromatic rings. The normalized spacial score (nSPS) is 25.3. The zero-order valence-corrected chi connectivity index (χ0v) is 32.1. The SMILES string of the molecule is C=CCO[C@@]12Oc3ccc(Oc4ccc(SC)cc4)cc3[C@H]3[C@H](CCCCO)[C@@H](CCCCO)C=C(C(=NOCC)C[C@@H]1N(C)C(=O)OCCCl)[C@H]32. The van der Waals surface area contributed by atoms with E-state index in [1.54, 1.807) is 29.8 Å². The quantitative estimate of drug-likeness (QED) is 0.0481. The summed E-state index contributed by atoms with van der Waals surface area (Å²) in [4.78, 5) is 22.0. The van der Waals surface area contributed by atoms with E-state index >= 15 is 0 Å². The molecule has 0 bridgehead atoms. The molecule has 1 heterocycles. The first-order chi connectivity index (χ1) is 25.3. The molecule has 5 rings (SSSR count). The molecular formula is C40H53ClN2O8S. The Labute approximate surface area is 317 Å². The summed E-state index contributed by atoms with van der Waals surface area (Å²) in [5.41, 5.74) is 2.68. The maximum absolute atomic E-state index is 13.6. The van der Waals surface area contributed by atoms with E-state index in [1.807, 2.05) is 49.6 Å². The number of alkyl halides is 1. The predicted molar refractivity (Wildman–Crippen MR) is 205 cm³/mol. The molecule has 6 atom stereocenters. The standard InChI is InChI=1S/C40H53ClN2O8S/c1-5-22-48-40-36(43(3)39(46)47-23-19-41)26-34(42-49-6-2)32-24-27(11-7-9-20-44)31(12-8-10-21-45)37(38(32)40)33-25-29(15-18-35(33)51-40)50-28-13-16-30(52-4)17-14-28/h5,13-18,24-25,27,31,36-38,44-45H,1,6-12,19-23,26H2,2-4H3/t27-,31+,36-,37+,38+,40+/m0/s1. The van der Waals surface area contributed by atoms with Gasteiger partial charge in [0.1, 0.15) is 36.5 Å². The van der Waals surface area contributed by atoms with Crippen molar-refractivity contribution < 1.29 is 38.8 Å². The zero-order valence-electron chi connectivity index (χ0n) is 30.5. The van der Waals surface area contributed by atoms with Gasteiger partial charge in [0.25, 0.3) is 0 Å². The van der Waals surface area contributed by atoms with Gasteiger partial charge in [-0.3, -0.25) is 0 Å². The van der Waals surface area contributed by atoms with E-state index in [2.05, 4.69) is 23.9 Å². The number of hydrogen-bond donors (Lipinski definition) is 2. The van der Waals surface area contributed by atoms with E-state index in [-0.39, 0.29) is 50.1 Å². The van der Waals surface area contributed by atoms with E-state index in [9.17, 15) is 15.0 Å². The number of allylic oxidation sites excluding steroid dienone is 1. The van der Waals surface area contributed by atoms with Gasteiger partial charge < -0.3 is 38.9 Å². The maximum Gasteiger partial charge on any atom is 0.410 e. The van der Waals surface area contributed by atoms with Gasteiger partial charge in [-0.1, -0.05) is 30.1 Å². The number of aliphatic hydroxyl groups excluding tert-OH is 2. The third kappa shape index (κ3) is 8.76. The highest BCUT2D eigenvalue weighted by molar-refractivity contribution is 7.98. The predicted octanol–water partition coefficient (Wildman–Crippen LogP) is 8.16. The number of fused-ring (bicyclic) bond motifs is 2. The van der Waals surface area contributed by atoms with Crippen LogP contribution in [-0.2, 0) is 14.3 Å². The summed E-state index contributed by atoms with van der Waals surface area (Å²) in [5, 5.41) is 24.2. The average Bonchev–Trinajstić information content (AvgIpc) is 3.16. The fourth-order valence-corrected chi connectivity index (χ4v) is 8.55. The van der Waals surface area contributed by atoms with Gasteiger partial charge in [0.15, 0.2) is 0 Å². The summed E-state index contributed by atoms with van der Waals surface area (Å²) < 4.78 is 26.0. The van der Waals surface area contributed by atoms with Gasteiger partial charge in [0.2, 0.25) is 5.79 Å². The van der Waals surface area contributed by atoms with E-state index in [0.717, 1.165) is 53.2 Å². The van der Waals surface area contributed by atoms with Crippen molar-refractivity contribution >= 4 is 35.2 Å². The Balaban J connectivity index is 1.72. The molecule has 0 spiro atoms. The number of oxime groups is 1. The number of carbonyl (C=O) groups excluding carboxylic acids is 1. The summed E-state index contributed by atoms with van der Waals surface area (Å²) in [5.74, 6) is 0.534. The third-order valence-corrected chi connectivity index (χ3v) is 11.2. The van der Waals surface area contributed by atoms with Crippen molar-refractivity contribution in [3.63, 3.8) is 0 Å². The first-order valence-corrected chi connectivity index (χ1v) is 20.1. The molecule has 0 saturated heterocycles. The number of carbonyl (C=O) groups is 1. The number of aliphatic hydroxyl groups is 2. The lowest BCUT2D eigenvalue weighted by Gasteiger charge is -2.59. The average molecular weight is 757 g/mol. The number of benzene rings is 2. The van der Waals surface area contributed by atoms with Crippen molar-refractivity contribution in [2.24, 2.45) is 22.9 Å². The van der Waals surface area contributed by atoms with E-state index < -0.39 is 23.8 Å². The van der Waals surface area contributed by atoms with Crippen LogP contribution in [0.4, 0.5) is 4.79 Å². The van der Waals surface area contributed by atoms with Crippen LogP contribution in [0.5, 0.6) is 17.2 Å². The summed E-state index contributed by atoms with van der Waals surface area (Å²) in [6.07, 6.45) is 10.6. The molecule has 1 saturated carbocycles. The topological polar surface area (TPSA) is 119 Å². The molecular weight excluding hydrogens is 704 g/mol. The third-order valence-electron chi connectivity index (χ3n) is 10.3. The zero-order chi connectivity index (χ0) is 37.1. The van der Waals surface area contributed by atoms with Gasteiger partial charge >= 0.3 is 6.09 Å². The highest BCUT2D eigenvalue weighted by atomic mass is 35.5. The number of hydrogen-bond acceptors (Lipinski definition) is 10. The molecule has 0 unspecified atom stereocenters. The number of thioether (sulfide) groups is 1. The van der Waals surface area contributed by atoms with Gasteiger partial charge in [0.05, 0.1) is 24.1 Å². The van der Waals surface area contributed by atoms with Gasteiger partial charge in [-0.2, -0.15) is 0 Å². The molecule has 12 heteroatoms. The smallest absolute Gasteiger partial charge is 0.410 e. The van der Waals surface area contributed by atoms with Crippen molar-refractivity contribution in [1.82, 2.24) is 4.90 Å². The summed E-state index contributed by atoms with van der Waals surface area (Å²) in [6.45, 7) is 6.70. The highest BCUT2D eigenvalue weighted by Gasteiger charge is 2.65. The van der Waals surface area contributed by atoms with Crippen LogP contribution in [0.3, 0.4) is 0 Å². The van der Waals surface area contributed by atoms with Crippen LogP contribution in [0.15, 0.2) is 76.8 Å². The minimum atomic E-state index is -1.35. The Hall–Kier alpha value is -3.22. The molecule has 1 fully saturated rings.